The van der Waals surface area contributed by atoms with E-state index in [9.17, 15) is 14.0 Å². The van der Waals surface area contributed by atoms with Crippen molar-refractivity contribution in [1.29, 1.82) is 0 Å². The highest BCUT2D eigenvalue weighted by atomic mass is 19.1. The minimum atomic E-state index is -0.347. The molecule has 0 unspecified atom stereocenters. The highest BCUT2D eigenvalue weighted by molar-refractivity contribution is 6.35. The predicted molar refractivity (Wildman–Crippen MR) is 112 cm³/mol. The molecule has 0 radical (unpaired) electrons. The topological polar surface area (TPSA) is 49.9 Å². The highest BCUT2D eigenvalue weighted by Crippen LogP contribution is 2.34. The first kappa shape index (κ1) is 20.1. The molecule has 6 heteroatoms. The summed E-state index contributed by atoms with van der Waals surface area (Å²) >= 11 is 0. The molecule has 2 heterocycles. The summed E-state index contributed by atoms with van der Waals surface area (Å²) in [4.78, 5) is 30.0. The molecule has 30 heavy (non-hydrogen) atoms. The number of likely N-dealkylation sites (tertiary alicyclic amines) is 1. The van der Waals surface area contributed by atoms with Crippen LogP contribution in [0.5, 0.6) is 5.75 Å². The summed E-state index contributed by atoms with van der Waals surface area (Å²) in [5.74, 6) is -0.217. The monoisotopic (exact) mass is 408 g/mol. The van der Waals surface area contributed by atoms with Gasteiger partial charge in [-0.05, 0) is 61.6 Å². The van der Waals surface area contributed by atoms with Gasteiger partial charge < -0.3 is 9.64 Å². The van der Waals surface area contributed by atoms with E-state index in [4.69, 9.17) is 4.74 Å². The Labute approximate surface area is 175 Å². The number of ether oxygens (including phenoxy) is 1. The number of amides is 2. The van der Waals surface area contributed by atoms with Crippen LogP contribution in [-0.2, 0) is 16.1 Å². The second-order valence-electron chi connectivity index (χ2n) is 7.55. The lowest BCUT2D eigenvalue weighted by molar-refractivity contribution is -0.138. The molecule has 1 saturated heterocycles. The molecule has 2 aromatic carbocycles. The van der Waals surface area contributed by atoms with Gasteiger partial charge in [-0.3, -0.25) is 14.5 Å². The van der Waals surface area contributed by atoms with Crippen LogP contribution in [-0.4, -0.2) is 41.3 Å². The molecule has 2 amide bonds. The van der Waals surface area contributed by atoms with Crippen molar-refractivity contribution in [2.24, 2.45) is 0 Å². The van der Waals surface area contributed by atoms with Gasteiger partial charge in [0.2, 0.25) is 0 Å². The number of hydrogen-bond acceptors (Lipinski definition) is 4. The van der Waals surface area contributed by atoms with Crippen molar-refractivity contribution in [2.45, 2.75) is 32.7 Å². The number of carbonyl (C=O) groups is 2. The van der Waals surface area contributed by atoms with Gasteiger partial charge in [-0.1, -0.05) is 24.3 Å². The number of benzene rings is 2. The molecule has 0 N–H and O–H groups in total. The average molecular weight is 408 g/mol. The molecule has 1 fully saturated rings. The maximum atomic E-state index is 13.4. The molecular weight excluding hydrogens is 383 g/mol. The molecule has 5 nitrogen and oxygen atoms in total. The van der Waals surface area contributed by atoms with Crippen molar-refractivity contribution in [1.82, 2.24) is 9.80 Å². The van der Waals surface area contributed by atoms with Gasteiger partial charge in [-0.15, -0.1) is 0 Å². The summed E-state index contributed by atoms with van der Waals surface area (Å²) < 4.78 is 18.8. The van der Waals surface area contributed by atoms with Gasteiger partial charge in [-0.25, -0.2) is 4.39 Å². The zero-order valence-electron chi connectivity index (χ0n) is 17.1. The van der Waals surface area contributed by atoms with E-state index in [0.29, 0.717) is 29.0 Å². The van der Waals surface area contributed by atoms with Crippen molar-refractivity contribution in [3.63, 3.8) is 0 Å². The lowest BCUT2D eigenvalue weighted by Gasteiger charge is -2.29. The van der Waals surface area contributed by atoms with Crippen molar-refractivity contribution >= 4 is 17.4 Å². The molecule has 2 aromatic rings. The van der Waals surface area contributed by atoms with Gasteiger partial charge in [0.1, 0.15) is 17.3 Å². The number of hydrogen-bond donors (Lipinski definition) is 0. The van der Waals surface area contributed by atoms with Gasteiger partial charge in [0.05, 0.1) is 18.7 Å². The number of imide groups is 1. The van der Waals surface area contributed by atoms with E-state index in [-0.39, 0.29) is 24.2 Å². The van der Waals surface area contributed by atoms with Gasteiger partial charge in [0.25, 0.3) is 11.8 Å². The molecular formula is C24H25FN2O3. The number of piperidine rings is 1. The van der Waals surface area contributed by atoms with Crippen LogP contribution in [0.15, 0.2) is 54.2 Å². The third-order valence-corrected chi connectivity index (χ3v) is 5.52. The van der Waals surface area contributed by atoms with Gasteiger partial charge >= 0.3 is 0 Å². The smallest absolute Gasteiger partial charge is 0.278 e. The Morgan fingerprint density at radius 1 is 0.900 bits per heavy atom. The van der Waals surface area contributed by atoms with Crippen molar-refractivity contribution < 1.29 is 18.7 Å². The molecule has 4 rings (SSSR count). The first-order chi connectivity index (χ1) is 14.6. The molecule has 0 bridgehead atoms. The van der Waals surface area contributed by atoms with Crippen LogP contribution < -0.4 is 4.74 Å². The van der Waals surface area contributed by atoms with Crippen LogP contribution in [0.25, 0.3) is 5.57 Å². The average Bonchev–Trinajstić information content (AvgIpc) is 3.01. The van der Waals surface area contributed by atoms with Crippen LogP contribution in [0, 0.1) is 5.82 Å². The van der Waals surface area contributed by atoms with Crippen molar-refractivity contribution in [2.75, 3.05) is 19.7 Å². The van der Waals surface area contributed by atoms with Gasteiger partial charge in [0, 0.05) is 13.1 Å². The van der Waals surface area contributed by atoms with E-state index < -0.39 is 0 Å². The summed E-state index contributed by atoms with van der Waals surface area (Å²) in [7, 11) is 0. The minimum Gasteiger partial charge on any atom is -0.494 e. The fourth-order valence-corrected chi connectivity index (χ4v) is 4.03. The van der Waals surface area contributed by atoms with E-state index in [0.717, 1.165) is 38.1 Å². The quantitative estimate of drug-likeness (QED) is 0.678. The van der Waals surface area contributed by atoms with E-state index >= 15 is 0 Å². The third-order valence-electron chi connectivity index (χ3n) is 5.52. The lowest BCUT2D eigenvalue weighted by atomic mass is 10.0. The normalized spacial score (nSPS) is 17.1. The Balaban J connectivity index is 1.69. The van der Waals surface area contributed by atoms with Crippen LogP contribution in [0.1, 0.15) is 37.3 Å². The van der Waals surface area contributed by atoms with Crippen LogP contribution in [0.4, 0.5) is 4.39 Å². The van der Waals surface area contributed by atoms with Crippen LogP contribution in [0.2, 0.25) is 0 Å². The number of carbonyl (C=O) groups excluding carboxylic acids is 2. The predicted octanol–water partition coefficient (Wildman–Crippen LogP) is 3.99. The van der Waals surface area contributed by atoms with E-state index in [1.54, 1.807) is 12.1 Å². The van der Waals surface area contributed by atoms with Crippen molar-refractivity contribution in [3.05, 3.63) is 71.2 Å². The van der Waals surface area contributed by atoms with Crippen LogP contribution >= 0.6 is 0 Å². The first-order valence-electron chi connectivity index (χ1n) is 10.4. The molecule has 2 aliphatic rings. The van der Waals surface area contributed by atoms with E-state index in [2.05, 4.69) is 0 Å². The van der Waals surface area contributed by atoms with Gasteiger partial charge in [-0.2, -0.15) is 0 Å². The summed E-state index contributed by atoms with van der Waals surface area (Å²) in [5, 5.41) is 0. The Bertz CT molecular complexity index is 961. The van der Waals surface area contributed by atoms with E-state index in [1.807, 2.05) is 36.1 Å². The molecule has 0 saturated carbocycles. The molecule has 156 valence electrons. The zero-order valence-corrected chi connectivity index (χ0v) is 17.1. The van der Waals surface area contributed by atoms with E-state index in [1.165, 1.54) is 17.0 Å². The SMILES string of the molecule is CCOc1ccc(C2=C(N3CCCCC3)C(=O)N(Cc3ccc(F)cc3)C2=O)cc1. The number of nitrogens with zero attached hydrogens (tertiary/aromatic N) is 2. The van der Waals surface area contributed by atoms with Crippen LogP contribution in [0.3, 0.4) is 0 Å². The molecule has 0 atom stereocenters. The minimum absolute atomic E-state index is 0.121. The maximum Gasteiger partial charge on any atom is 0.278 e. The van der Waals surface area contributed by atoms with Gasteiger partial charge in [0.15, 0.2) is 0 Å². The first-order valence-corrected chi connectivity index (χ1v) is 10.4. The maximum absolute atomic E-state index is 13.4. The Kier molecular flexibility index (Phi) is 5.84. The van der Waals surface area contributed by atoms with Crippen molar-refractivity contribution in [3.8, 4) is 5.75 Å². The molecule has 0 aliphatic carbocycles. The fourth-order valence-electron chi connectivity index (χ4n) is 4.03. The standard InChI is InChI=1S/C24H25FN2O3/c1-2-30-20-12-8-18(9-13-20)21-22(26-14-4-3-5-15-26)24(29)27(23(21)28)16-17-6-10-19(25)11-7-17/h6-13H,2-5,14-16H2,1H3. The fraction of sp³-hybridized carbons (Fsp3) is 0.333. The molecule has 2 aliphatic heterocycles. The highest BCUT2D eigenvalue weighted by Gasteiger charge is 2.41. The second kappa shape index (κ2) is 8.69. The zero-order chi connectivity index (χ0) is 21.1. The summed E-state index contributed by atoms with van der Waals surface area (Å²) in [6.07, 6.45) is 3.13. The number of halogens is 1. The molecule has 0 spiro atoms. The summed E-state index contributed by atoms with van der Waals surface area (Å²) in [5.41, 5.74) is 2.33. The lowest BCUT2D eigenvalue weighted by Crippen LogP contribution is -2.36. The Morgan fingerprint density at radius 3 is 2.20 bits per heavy atom. The third kappa shape index (κ3) is 3.95. The number of rotatable bonds is 6. The Hall–Kier alpha value is -3.15. The summed E-state index contributed by atoms with van der Waals surface area (Å²) in [6.45, 7) is 4.12. The Morgan fingerprint density at radius 2 is 1.57 bits per heavy atom. The largest absolute Gasteiger partial charge is 0.494 e. The second-order valence-corrected chi connectivity index (χ2v) is 7.55. The molecule has 0 aromatic heterocycles. The summed E-state index contributed by atoms with van der Waals surface area (Å²) in [6, 6.07) is 13.2.